The standard InChI is InChI=1S/C35H41N5O5/c41-31(35(45)37-22-24-12-5-2-6-13-24)29(21-26-15-9-19-36-32(26)42)39-34(44)30(20-23-10-3-1-4-11-23)40-33(43)28-18-17-25-14-7-8-16-27(25)38-28/h2,5-8,12-14,16-18,23,26,29-30H,1,3-4,9-11,15,19-22H2,(H,36,42)(H,37,45)(H,39,44)(H,40,43)/t26-,29?,30-/m0/s1. The molecule has 2 heterocycles. The highest BCUT2D eigenvalue weighted by Gasteiger charge is 2.35. The number of ketones is 1. The highest BCUT2D eigenvalue weighted by Crippen LogP contribution is 2.28. The molecule has 10 nitrogen and oxygen atoms in total. The maximum atomic E-state index is 13.9. The molecule has 0 bridgehead atoms. The van der Waals surface area contributed by atoms with Gasteiger partial charge in [-0.2, -0.15) is 0 Å². The number of para-hydroxylation sites is 1. The Hall–Kier alpha value is -4.60. The van der Waals surface area contributed by atoms with Crippen molar-refractivity contribution in [1.82, 2.24) is 26.3 Å². The van der Waals surface area contributed by atoms with Crippen LogP contribution < -0.4 is 21.3 Å². The summed E-state index contributed by atoms with van der Waals surface area (Å²) in [7, 11) is 0. The highest BCUT2D eigenvalue weighted by atomic mass is 16.2. The van der Waals surface area contributed by atoms with Crippen molar-refractivity contribution < 1.29 is 24.0 Å². The Morgan fingerprint density at radius 3 is 2.33 bits per heavy atom. The van der Waals surface area contributed by atoms with E-state index in [0.29, 0.717) is 24.9 Å². The van der Waals surface area contributed by atoms with E-state index in [1.54, 1.807) is 6.07 Å². The smallest absolute Gasteiger partial charge is 0.289 e. The second kappa shape index (κ2) is 15.4. The monoisotopic (exact) mass is 611 g/mol. The van der Waals surface area contributed by atoms with Crippen molar-refractivity contribution in [1.29, 1.82) is 0 Å². The van der Waals surface area contributed by atoms with Crippen molar-refractivity contribution in [2.75, 3.05) is 6.54 Å². The quantitative estimate of drug-likeness (QED) is 0.230. The molecule has 2 fully saturated rings. The van der Waals surface area contributed by atoms with Gasteiger partial charge in [-0.25, -0.2) is 4.98 Å². The average molecular weight is 612 g/mol. The molecule has 1 saturated carbocycles. The summed E-state index contributed by atoms with van der Waals surface area (Å²) in [5.74, 6) is -3.21. The molecule has 236 valence electrons. The summed E-state index contributed by atoms with van der Waals surface area (Å²) in [5.41, 5.74) is 1.67. The van der Waals surface area contributed by atoms with Crippen molar-refractivity contribution in [3.63, 3.8) is 0 Å². The van der Waals surface area contributed by atoms with Crippen LogP contribution in [0.25, 0.3) is 10.9 Å². The van der Waals surface area contributed by atoms with Crippen LogP contribution in [0.4, 0.5) is 0 Å². The molecular formula is C35H41N5O5. The van der Waals surface area contributed by atoms with Crippen molar-refractivity contribution in [3.8, 4) is 0 Å². The molecule has 10 heteroatoms. The van der Waals surface area contributed by atoms with E-state index < -0.39 is 41.5 Å². The first-order chi connectivity index (χ1) is 21.9. The van der Waals surface area contributed by atoms with Gasteiger partial charge in [0.2, 0.25) is 17.6 Å². The molecule has 45 heavy (non-hydrogen) atoms. The number of hydrogen-bond donors (Lipinski definition) is 4. The molecule has 2 aliphatic rings. The van der Waals surface area contributed by atoms with Crippen LogP contribution in [0.3, 0.4) is 0 Å². The van der Waals surface area contributed by atoms with Crippen molar-refractivity contribution in [2.45, 2.75) is 76.4 Å². The van der Waals surface area contributed by atoms with Gasteiger partial charge in [0.15, 0.2) is 0 Å². The number of piperidine rings is 1. The predicted octanol–water partition coefficient (Wildman–Crippen LogP) is 3.59. The SMILES string of the molecule is O=C(NCc1ccccc1)C(=O)C(C[C@@H]1CCCNC1=O)NC(=O)[C@H](CC1CCCCC1)NC(=O)c1ccc2ccccc2n1. The fourth-order valence-electron chi connectivity index (χ4n) is 6.28. The van der Waals surface area contributed by atoms with Crippen LogP contribution in [0, 0.1) is 11.8 Å². The van der Waals surface area contributed by atoms with E-state index in [9.17, 15) is 24.0 Å². The first-order valence-corrected chi connectivity index (χ1v) is 16.0. The Labute approximate surface area is 263 Å². The number of amides is 4. The number of nitrogens with zero attached hydrogens (tertiary/aromatic N) is 1. The molecule has 4 N–H and O–H groups in total. The van der Waals surface area contributed by atoms with Gasteiger partial charge in [-0.3, -0.25) is 24.0 Å². The molecule has 0 radical (unpaired) electrons. The summed E-state index contributed by atoms with van der Waals surface area (Å²) in [6.45, 7) is 0.700. The zero-order chi connectivity index (χ0) is 31.6. The summed E-state index contributed by atoms with van der Waals surface area (Å²) in [6.07, 6.45) is 6.82. The largest absolute Gasteiger partial charge is 0.356 e. The van der Waals surface area contributed by atoms with Crippen molar-refractivity contribution >= 4 is 40.3 Å². The van der Waals surface area contributed by atoms with Crippen molar-refractivity contribution in [2.24, 2.45) is 11.8 Å². The third-order valence-corrected chi connectivity index (χ3v) is 8.82. The van der Waals surface area contributed by atoms with Gasteiger partial charge in [0.05, 0.1) is 11.6 Å². The molecule has 3 atom stereocenters. The number of hydrogen-bond acceptors (Lipinski definition) is 6. The summed E-state index contributed by atoms with van der Waals surface area (Å²) in [4.78, 5) is 70.9. The number of carbonyl (C=O) groups excluding carboxylic acids is 5. The number of aromatic nitrogens is 1. The van der Waals surface area contributed by atoms with Crippen LogP contribution in [0.1, 0.15) is 73.8 Å². The fraction of sp³-hybridized carbons (Fsp3) is 0.429. The highest BCUT2D eigenvalue weighted by molar-refractivity contribution is 6.38. The molecule has 1 aromatic heterocycles. The van der Waals surface area contributed by atoms with E-state index in [0.717, 1.165) is 49.5 Å². The fourth-order valence-corrected chi connectivity index (χ4v) is 6.28. The number of Topliss-reactive ketones (excluding diaryl/α,β-unsaturated/α-hetero) is 1. The number of fused-ring (bicyclic) bond motifs is 1. The van der Waals surface area contributed by atoms with Gasteiger partial charge in [0, 0.05) is 24.4 Å². The number of nitrogens with one attached hydrogen (secondary N) is 4. The first kappa shape index (κ1) is 31.8. The Bertz CT molecular complexity index is 1520. The van der Waals surface area contributed by atoms with Crippen LogP contribution in [-0.2, 0) is 25.7 Å². The predicted molar refractivity (Wildman–Crippen MR) is 170 cm³/mol. The number of pyridine rings is 1. The molecular weight excluding hydrogens is 570 g/mol. The molecule has 3 aromatic rings. The van der Waals surface area contributed by atoms with Gasteiger partial charge in [-0.05, 0) is 49.3 Å². The molecule has 1 aliphatic carbocycles. The van der Waals surface area contributed by atoms with Gasteiger partial charge in [0.25, 0.3) is 11.8 Å². The lowest BCUT2D eigenvalue weighted by Gasteiger charge is -2.29. The van der Waals surface area contributed by atoms with Crippen molar-refractivity contribution in [3.05, 3.63) is 78.0 Å². The summed E-state index contributed by atoms with van der Waals surface area (Å²) in [6, 6.07) is 17.9. The summed E-state index contributed by atoms with van der Waals surface area (Å²) < 4.78 is 0. The van der Waals surface area contributed by atoms with E-state index in [2.05, 4.69) is 26.3 Å². The number of benzene rings is 2. The lowest BCUT2D eigenvalue weighted by atomic mass is 9.84. The minimum Gasteiger partial charge on any atom is -0.356 e. The van der Waals surface area contributed by atoms with Crippen LogP contribution in [0.15, 0.2) is 66.7 Å². The summed E-state index contributed by atoms with van der Waals surface area (Å²) in [5, 5.41) is 12.0. The van der Waals surface area contributed by atoms with Gasteiger partial charge in [-0.15, -0.1) is 0 Å². The normalized spacial score (nSPS) is 18.3. The molecule has 0 spiro atoms. The van der Waals surface area contributed by atoms with Crippen LogP contribution in [0.5, 0.6) is 0 Å². The van der Waals surface area contributed by atoms with E-state index >= 15 is 0 Å². The van der Waals surface area contributed by atoms with E-state index in [1.165, 1.54) is 0 Å². The molecule has 4 amide bonds. The zero-order valence-corrected chi connectivity index (χ0v) is 25.4. The molecule has 1 aliphatic heterocycles. The maximum absolute atomic E-state index is 13.9. The lowest BCUT2D eigenvalue weighted by Crippen LogP contribution is -2.55. The first-order valence-electron chi connectivity index (χ1n) is 16.0. The second-order valence-electron chi connectivity index (χ2n) is 12.1. The van der Waals surface area contributed by atoms with E-state index in [1.807, 2.05) is 60.7 Å². The molecule has 2 aromatic carbocycles. The Balaban J connectivity index is 1.33. The number of rotatable bonds is 12. The minimum atomic E-state index is -1.23. The van der Waals surface area contributed by atoms with Gasteiger partial charge >= 0.3 is 0 Å². The van der Waals surface area contributed by atoms with Gasteiger partial charge < -0.3 is 21.3 Å². The molecule has 5 rings (SSSR count). The summed E-state index contributed by atoms with van der Waals surface area (Å²) >= 11 is 0. The average Bonchev–Trinajstić information content (AvgIpc) is 3.07. The van der Waals surface area contributed by atoms with Gasteiger partial charge in [0.1, 0.15) is 11.7 Å². The topological polar surface area (TPSA) is 146 Å². The second-order valence-corrected chi connectivity index (χ2v) is 12.1. The Morgan fingerprint density at radius 1 is 0.800 bits per heavy atom. The third kappa shape index (κ3) is 8.74. The lowest BCUT2D eigenvalue weighted by molar-refractivity contribution is -0.141. The Kier molecular flexibility index (Phi) is 10.9. The van der Waals surface area contributed by atoms with Gasteiger partial charge in [-0.1, -0.05) is 86.7 Å². The van der Waals surface area contributed by atoms with E-state index in [4.69, 9.17) is 0 Å². The minimum absolute atomic E-state index is 0.00844. The van der Waals surface area contributed by atoms with Crippen LogP contribution in [0.2, 0.25) is 0 Å². The Morgan fingerprint density at radius 2 is 1.56 bits per heavy atom. The van der Waals surface area contributed by atoms with Crippen LogP contribution >= 0.6 is 0 Å². The van der Waals surface area contributed by atoms with E-state index in [-0.39, 0.29) is 30.5 Å². The zero-order valence-electron chi connectivity index (χ0n) is 25.4. The molecule has 1 unspecified atom stereocenters. The van der Waals surface area contributed by atoms with Crippen LogP contribution in [-0.4, -0.2) is 53.0 Å². The number of carbonyl (C=O) groups is 5. The molecule has 1 saturated heterocycles. The maximum Gasteiger partial charge on any atom is 0.289 e. The third-order valence-electron chi connectivity index (χ3n) is 8.82.